The van der Waals surface area contributed by atoms with Gasteiger partial charge >= 0.3 is 0 Å². The zero-order valence-electron chi connectivity index (χ0n) is 6.45. The molecule has 0 saturated heterocycles. The molecule has 0 amide bonds. The molecule has 4 heteroatoms. The first-order valence-corrected chi connectivity index (χ1v) is 1.45. The molecule has 0 rings (SSSR count). The Hall–Kier alpha value is 0.110. The minimum Gasteiger partial charge on any atom is -0.315 e. The van der Waals surface area contributed by atoms with Gasteiger partial charge in [-0.05, 0) is 6.98 Å². The summed E-state index contributed by atoms with van der Waals surface area (Å²) in [5.41, 5.74) is 0. The average molecular weight is 135 g/mol. The molecule has 0 atom stereocenters. The second-order valence-corrected chi connectivity index (χ2v) is 0.772. The SMILES string of the molecule is Cl.[2H]C([2H])([2H])NCC(F)F. The highest BCUT2D eigenvalue weighted by atomic mass is 35.5. The minimum absolute atomic E-state index is 0. The lowest BCUT2D eigenvalue weighted by molar-refractivity contribution is 0.149. The predicted molar refractivity (Wildman–Crippen MR) is 27.2 cm³/mol. The van der Waals surface area contributed by atoms with E-state index < -0.39 is 19.9 Å². The van der Waals surface area contributed by atoms with E-state index in [1.54, 1.807) is 5.32 Å². The molecule has 0 radical (unpaired) electrons. The van der Waals surface area contributed by atoms with E-state index in [1.165, 1.54) is 0 Å². The van der Waals surface area contributed by atoms with Crippen molar-refractivity contribution in [1.82, 2.24) is 5.32 Å². The smallest absolute Gasteiger partial charge is 0.250 e. The summed E-state index contributed by atoms with van der Waals surface area (Å²) in [6.45, 7) is -3.23. The fraction of sp³-hybridized carbons (Fsp3) is 1.00. The highest BCUT2D eigenvalue weighted by Gasteiger charge is 1.94. The van der Waals surface area contributed by atoms with E-state index in [2.05, 4.69) is 0 Å². The largest absolute Gasteiger partial charge is 0.315 e. The summed E-state index contributed by atoms with van der Waals surface area (Å²) in [5.74, 6) is 0. The Morgan fingerprint density at radius 2 is 2.43 bits per heavy atom. The third kappa shape index (κ3) is 10.7. The molecule has 1 nitrogen and oxygen atoms in total. The van der Waals surface area contributed by atoms with Gasteiger partial charge < -0.3 is 5.32 Å². The molecule has 0 aromatic rings. The summed E-state index contributed by atoms with van der Waals surface area (Å²) in [6, 6.07) is 0. The van der Waals surface area contributed by atoms with Gasteiger partial charge in [-0.2, -0.15) is 0 Å². The van der Waals surface area contributed by atoms with Crippen molar-refractivity contribution in [2.45, 2.75) is 6.43 Å². The van der Waals surface area contributed by atoms with Crippen LogP contribution in [0.25, 0.3) is 0 Å². The fourth-order valence-corrected chi connectivity index (χ4v) is 0.0772. The second-order valence-electron chi connectivity index (χ2n) is 0.772. The van der Waals surface area contributed by atoms with Gasteiger partial charge in [0.2, 0.25) is 0 Å². The Morgan fingerprint density at radius 3 is 2.57 bits per heavy atom. The van der Waals surface area contributed by atoms with Crippen LogP contribution in [0.1, 0.15) is 4.11 Å². The van der Waals surface area contributed by atoms with E-state index in [9.17, 15) is 8.78 Å². The zero-order chi connectivity index (χ0) is 7.49. The molecule has 0 aromatic heterocycles. The Balaban J connectivity index is 0. The maximum Gasteiger partial charge on any atom is 0.250 e. The summed E-state index contributed by atoms with van der Waals surface area (Å²) in [5, 5.41) is 1.67. The van der Waals surface area contributed by atoms with Crippen LogP contribution in [-0.4, -0.2) is 19.9 Å². The molecule has 0 aromatic carbocycles. The van der Waals surface area contributed by atoms with E-state index in [-0.39, 0.29) is 12.4 Å². The van der Waals surface area contributed by atoms with Gasteiger partial charge in [0.1, 0.15) is 0 Å². The first kappa shape index (κ1) is 4.04. The molecule has 0 aliphatic heterocycles. The summed E-state index contributed by atoms with van der Waals surface area (Å²) in [6.07, 6.45) is -2.61. The molecule has 0 bridgehead atoms. The van der Waals surface area contributed by atoms with Crippen molar-refractivity contribution in [2.24, 2.45) is 0 Å². The maximum atomic E-state index is 11.3. The van der Waals surface area contributed by atoms with Crippen LogP contribution in [-0.2, 0) is 0 Å². The van der Waals surface area contributed by atoms with Crippen molar-refractivity contribution < 1.29 is 12.9 Å². The van der Waals surface area contributed by atoms with Gasteiger partial charge in [-0.3, -0.25) is 0 Å². The summed E-state index contributed by atoms with van der Waals surface area (Å²) in [4.78, 5) is 0. The van der Waals surface area contributed by atoms with Crippen LogP contribution in [0.5, 0.6) is 0 Å². The van der Waals surface area contributed by atoms with E-state index >= 15 is 0 Å². The number of rotatable bonds is 2. The molecule has 0 aliphatic rings. The van der Waals surface area contributed by atoms with Crippen LogP contribution in [0, 0.1) is 0 Å². The number of halogens is 3. The molecule has 46 valence electrons. The van der Waals surface area contributed by atoms with Crippen molar-refractivity contribution in [3.63, 3.8) is 0 Å². The molecule has 0 unspecified atom stereocenters. The minimum atomic E-state index is -2.61. The van der Waals surface area contributed by atoms with E-state index in [4.69, 9.17) is 4.11 Å². The average Bonchev–Trinajstić information content (AvgIpc) is 1.59. The van der Waals surface area contributed by atoms with Crippen molar-refractivity contribution >= 4 is 12.4 Å². The zero-order valence-corrected chi connectivity index (χ0v) is 4.27. The topological polar surface area (TPSA) is 12.0 Å². The van der Waals surface area contributed by atoms with Crippen molar-refractivity contribution in [1.29, 1.82) is 0 Å². The first-order chi connectivity index (χ1) is 3.92. The number of hydrogen-bond donors (Lipinski definition) is 1. The maximum absolute atomic E-state index is 11.3. The van der Waals surface area contributed by atoms with Crippen LogP contribution in [0.3, 0.4) is 0 Å². The van der Waals surface area contributed by atoms with Gasteiger partial charge in [0.25, 0.3) is 6.43 Å². The third-order valence-corrected chi connectivity index (χ3v) is 0.256. The van der Waals surface area contributed by atoms with Gasteiger partial charge in [-0.1, -0.05) is 0 Å². The highest BCUT2D eigenvalue weighted by molar-refractivity contribution is 5.85. The third-order valence-electron chi connectivity index (χ3n) is 0.256. The van der Waals surface area contributed by atoms with Gasteiger partial charge in [0, 0.05) is 4.11 Å². The molecule has 7 heavy (non-hydrogen) atoms. The number of hydrogen-bond acceptors (Lipinski definition) is 1. The van der Waals surface area contributed by atoms with Crippen molar-refractivity contribution in [3.8, 4) is 0 Å². The molecular weight excluding hydrogens is 123 g/mol. The number of alkyl halides is 2. The van der Waals surface area contributed by atoms with Crippen molar-refractivity contribution in [3.05, 3.63) is 0 Å². The van der Waals surface area contributed by atoms with Crippen molar-refractivity contribution in [2.75, 3.05) is 13.5 Å². The summed E-state index contributed by atoms with van der Waals surface area (Å²) in [7, 11) is 0. The Bertz CT molecular complexity index is 86.3. The van der Waals surface area contributed by atoms with Gasteiger partial charge in [0.15, 0.2) is 0 Å². The molecule has 0 aliphatic carbocycles. The first-order valence-electron chi connectivity index (χ1n) is 2.95. The normalized spacial score (nSPS) is 16.7. The van der Waals surface area contributed by atoms with E-state index in [0.29, 0.717) is 0 Å². The Kier molecular flexibility index (Phi) is 3.52. The lowest BCUT2D eigenvalue weighted by Crippen LogP contribution is -2.15. The Labute approximate surface area is 51.7 Å². The summed E-state index contributed by atoms with van der Waals surface area (Å²) < 4.78 is 41.7. The lowest BCUT2D eigenvalue weighted by Gasteiger charge is -1.91. The van der Waals surface area contributed by atoms with Crippen LogP contribution >= 0.6 is 12.4 Å². The van der Waals surface area contributed by atoms with Gasteiger partial charge in [-0.25, -0.2) is 8.78 Å². The molecule has 0 spiro atoms. The Morgan fingerprint density at radius 1 is 1.86 bits per heavy atom. The molecular formula is C3H8ClF2N. The predicted octanol–water partition coefficient (Wildman–Crippen LogP) is 0.893. The monoisotopic (exact) mass is 134 g/mol. The standard InChI is InChI=1S/C3H7F2N.ClH/c1-6-2-3(4)5;/h3,6H,2H2,1H3;1H/i1D3;. The quantitative estimate of drug-likeness (QED) is 0.592. The fourth-order valence-electron chi connectivity index (χ4n) is 0.0772. The highest BCUT2D eigenvalue weighted by Crippen LogP contribution is 1.84. The van der Waals surface area contributed by atoms with E-state index in [0.717, 1.165) is 0 Å². The van der Waals surface area contributed by atoms with Gasteiger partial charge in [0.05, 0.1) is 6.54 Å². The molecule has 1 N–H and O–H groups in total. The molecule has 0 heterocycles. The molecule has 0 saturated carbocycles. The molecule has 0 fully saturated rings. The van der Waals surface area contributed by atoms with E-state index in [1.807, 2.05) is 0 Å². The van der Waals surface area contributed by atoms with Crippen LogP contribution in [0.4, 0.5) is 8.78 Å². The number of nitrogens with one attached hydrogen (secondary N) is 1. The van der Waals surface area contributed by atoms with Crippen LogP contribution in [0.15, 0.2) is 0 Å². The second kappa shape index (κ2) is 6.11. The van der Waals surface area contributed by atoms with Gasteiger partial charge in [-0.15, -0.1) is 12.4 Å². The summed E-state index contributed by atoms with van der Waals surface area (Å²) >= 11 is 0. The lowest BCUT2D eigenvalue weighted by atomic mass is 10.7. The van der Waals surface area contributed by atoms with Crippen LogP contribution in [0.2, 0.25) is 0 Å². The van der Waals surface area contributed by atoms with Crippen LogP contribution < -0.4 is 5.32 Å².